The van der Waals surface area contributed by atoms with Gasteiger partial charge in [0.2, 0.25) is 11.5 Å². The highest BCUT2D eigenvalue weighted by molar-refractivity contribution is 6.07. The minimum absolute atomic E-state index is 0.0815. The molecule has 0 bridgehead atoms. The summed E-state index contributed by atoms with van der Waals surface area (Å²) in [6, 6.07) is 9.77. The summed E-state index contributed by atoms with van der Waals surface area (Å²) in [4.78, 5) is 48.9. The number of amides is 2. The van der Waals surface area contributed by atoms with Crippen molar-refractivity contribution in [3.8, 4) is 0 Å². The first-order valence-corrected chi connectivity index (χ1v) is 10.5. The van der Waals surface area contributed by atoms with Crippen molar-refractivity contribution in [2.45, 2.75) is 13.0 Å². The predicted molar refractivity (Wildman–Crippen MR) is 126 cm³/mol. The minimum atomic E-state index is -0.433. The van der Waals surface area contributed by atoms with E-state index in [1.54, 1.807) is 35.1 Å². The molecule has 5 N–H and O–H groups in total. The van der Waals surface area contributed by atoms with Crippen LogP contribution in [0.3, 0.4) is 0 Å². The Morgan fingerprint density at radius 3 is 2.88 bits per heavy atom. The Bertz CT molecular complexity index is 1490. The van der Waals surface area contributed by atoms with Crippen LogP contribution >= 0.6 is 0 Å². The molecule has 2 amide bonds. The Balaban J connectivity index is 1.44. The number of carbonyl (C=O) groups excluding carboxylic acids is 2. The Morgan fingerprint density at radius 1 is 1.21 bits per heavy atom. The number of nitrogens with two attached hydrogens (primary N) is 1. The third-order valence-corrected chi connectivity index (χ3v) is 5.50. The summed E-state index contributed by atoms with van der Waals surface area (Å²) in [5, 5.41) is 11.6. The number of nitrogen functional groups attached to an aromatic ring is 1. The molecule has 172 valence electrons. The topological polar surface area (TPSA) is 164 Å². The standard InChI is InChI=1S/C22H21N9O3/c1-30(18-3-2-4-19(32)28-18)22(34)15-7-12-8-16(25-10-14(12)21(23)26-15)27-17-9-13-5-6-24-20(33)11-31(13)29-17/h2-4,7-10H,5-6,11H2,1H3,(H2,23,26)(H,24,33)(H,28,32)(H,25,27,29). The summed E-state index contributed by atoms with van der Waals surface area (Å²) in [5.74, 6) is 1.04. The second kappa shape index (κ2) is 8.31. The van der Waals surface area contributed by atoms with Crippen LogP contribution in [0.25, 0.3) is 10.8 Å². The first-order valence-electron chi connectivity index (χ1n) is 10.5. The highest BCUT2D eigenvalue weighted by Crippen LogP contribution is 2.25. The van der Waals surface area contributed by atoms with E-state index in [4.69, 9.17) is 5.73 Å². The van der Waals surface area contributed by atoms with Crippen molar-refractivity contribution in [2.75, 3.05) is 29.5 Å². The monoisotopic (exact) mass is 459 g/mol. The molecule has 0 aromatic carbocycles. The third-order valence-electron chi connectivity index (χ3n) is 5.50. The maximum Gasteiger partial charge on any atom is 0.277 e. The summed E-state index contributed by atoms with van der Waals surface area (Å²) >= 11 is 0. The van der Waals surface area contributed by atoms with E-state index in [-0.39, 0.29) is 29.5 Å². The molecule has 1 aliphatic rings. The normalized spacial score (nSPS) is 13.1. The Morgan fingerprint density at radius 2 is 2.06 bits per heavy atom. The van der Waals surface area contributed by atoms with Gasteiger partial charge in [-0.2, -0.15) is 5.10 Å². The smallest absolute Gasteiger partial charge is 0.277 e. The van der Waals surface area contributed by atoms with E-state index in [0.29, 0.717) is 41.2 Å². The van der Waals surface area contributed by atoms with E-state index >= 15 is 0 Å². The number of hydrogen-bond acceptors (Lipinski definition) is 8. The van der Waals surface area contributed by atoms with Gasteiger partial charge in [-0.05, 0) is 23.6 Å². The number of fused-ring (bicyclic) bond motifs is 2. The van der Waals surface area contributed by atoms with Crippen molar-refractivity contribution in [1.29, 1.82) is 0 Å². The van der Waals surface area contributed by atoms with Gasteiger partial charge in [-0.1, -0.05) is 6.07 Å². The molecule has 0 saturated carbocycles. The summed E-state index contributed by atoms with van der Waals surface area (Å²) in [5.41, 5.74) is 6.84. The van der Waals surface area contributed by atoms with E-state index in [1.165, 1.54) is 18.0 Å². The summed E-state index contributed by atoms with van der Waals surface area (Å²) in [6.45, 7) is 0.725. The molecule has 5 rings (SSSR count). The van der Waals surface area contributed by atoms with Crippen LogP contribution in [0.5, 0.6) is 0 Å². The molecule has 0 radical (unpaired) electrons. The fourth-order valence-corrected chi connectivity index (χ4v) is 3.77. The zero-order valence-electron chi connectivity index (χ0n) is 18.2. The molecule has 12 heteroatoms. The van der Waals surface area contributed by atoms with E-state index in [0.717, 1.165) is 5.69 Å². The summed E-state index contributed by atoms with van der Waals surface area (Å²) in [7, 11) is 1.54. The van der Waals surface area contributed by atoms with Crippen molar-refractivity contribution in [2.24, 2.45) is 0 Å². The second-order valence-electron chi connectivity index (χ2n) is 7.85. The first kappa shape index (κ1) is 21.1. The summed E-state index contributed by atoms with van der Waals surface area (Å²) < 4.78 is 1.66. The SMILES string of the molecule is CN(C(=O)c1cc2cc(Nc3cc4n(n3)CC(=O)NCC4)ncc2c(N)n1)c1cccc(=O)[nH]1. The first-order chi connectivity index (χ1) is 16.4. The number of aromatic amines is 1. The quantitative estimate of drug-likeness (QED) is 0.348. The Kier molecular flexibility index (Phi) is 5.17. The number of anilines is 4. The van der Waals surface area contributed by atoms with Gasteiger partial charge in [0.05, 0.1) is 0 Å². The molecular formula is C22H21N9O3. The molecule has 34 heavy (non-hydrogen) atoms. The lowest BCUT2D eigenvalue weighted by Crippen LogP contribution is -2.29. The molecule has 4 aromatic heterocycles. The molecule has 12 nitrogen and oxygen atoms in total. The molecule has 0 saturated heterocycles. The number of aromatic nitrogens is 5. The average molecular weight is 459 g/mol. The molecule has 0 fully saturated rings. The number of nitrogens with zero attached hydrogens (tertiary/aromatic N) is 5. The van der Waals surface area contributed by atoms with Crippen LogP contribution in [-0.4, -0.2) is 50.1 Å². The number of carbonyl (C=O) groups is 2. The van der Waals surface area contributed by atoms with Crippen LogP contribution in [-0.2, 0) is 17.8 Å². The summed E-state index contributed by atoms with van der Waals surface area (Å²) in [6.07, 6.45) is 2.25. The number of hydrogen-bond donors (Lipinski definition) is 4. The van der Waals surface area contributed by atoms with Gasteiger partial charge >= 0.3 is 0 Å². The molecule has 0 spiro atoms. The number of pyridine rings is 3. The Hall–Kier alpha value is -4.74. The maximum absolute atomic E-state index is 13.0. The lowest BCUT2D eigenvalue weighted by molar-refractivity contribution is -0.121. The van der Waals surface area contributed by atoms with Gasteiger partial charge in [-0.3, -0.25) is 24.0 Å². The fourth-order valence-electron chi connectivity index (χ4n) is 3.77. The lowest BCUT2D eigenvalue weighted by Gasteiger charge is -2.17. The van der Waals surface area contributed by atoms with Crippen molar-refractivity contribution < 1.29 is 9.59 Å². The van der Waals surface area contributed by atoms with Gasteiger partial charge in [0, 0.05) is 49.4 Å². The minimum Gasteiger partial charge on any atom is -0.383 e. The lowest BCUT2D eigenvalue weighted by atomic mass is 10.1. The highest BCUT2D eigenvalue weighted by Gasteiger charge is 2.19. The van der Waals surface area contributed by atoms with Crippen molar-refractivity contribution in [3.05, 3.63) is 64.3 Å². The van der Waals surface area contributed by atoms with Crippen molar-refractivity contribution in [3.63, 3.8) is 0 Å². The van der Waals surface area contributed by atoms with Crippen molar-refractivity contribution in [1.82, 2.24) is 30.0 Å². The molecule has 0 unspecified atom stereocenters. The van der Waals surface area contributed by atoms with Crippen LogP contribution in [0.1, 0.15) is 16.2 Å². The van der Waals surface area contributed by atoms with Gasteiger partial charge in [-0.25, -0.2) is 9.97 Å². The van der Waals surface area contributed by atoms with Gasteiger partial charge in [-0.15, -0.1) is 0 Å². The van der Waals surface area contributed by atoms with Crippen molar-refractivity contribution >= 4 is 45.9 Å². The van der Waals surface area contributed by atoms with Gasteiger partial charge < -0.3 is 21.4 Å². The van der Waals surface area contributed by atoms with Crippen LogP contribution in [0.4, 0.5) is 23.3 Å². The number of rotatable bonds is 4. The van der Waals surface area contributed by atoms with E-state index in [1.807, 2.05) is 6.07 Å². The van der Waals surface area contributed by atoms with Gasteiger partial charge in [0.25, 0.3) is 5.91 Å². The zero-order valence-corrected chi connectivity index (χ0v) is 18.2. The Labute approximate surface area is 192 Å². The molecule has 1 aliphatic heterocycles. The van der Waals surface area contributed by atoms with Crippen LogP contribution in [0, 0.1) is 0 Å². The van der Waals surface area contributed by atoms with Crippen LogP contribution in [0.2, 0.25) is 0 Å². The number of nitrogens with one attached hydrogen (secondary N) is 3. The molecule has 0 atom stereocenters. The van der Waals surface area contributed by atoms with Crippen LogP contribution < -0.4 is 26.8 Å². The van der Waals surface area contributed by atoms with E-state index in [2.05, 4.69) is 30.7 Å². The molecular weight excluding hydrogens is 438 g/mol. The average Bonchev–Trinajstić information content (AvgIpc) is 3.09. The van der Waals surface area contributed by atoms with Gasteiger partial charge in [0.15, 0.2) is 5.82 Å². The molecule has 5 heterocycles. The largest absolute Gasteiger partial charge is 0.383 e. The third kappa shape index (κ3) is 4.03. The predicted octanol–water partition coefficient (Wildman–Crippen LogP) is 0.789. The zero-order chi connectivity index (χ0) is 23.8. The fraction of sp³-hybridized carbons (Fsp3) is 0.182. The second-order valence-corrected chi connectivity index (χ2v) is 7.85. The van der Waals surface area contributed by atoms with E-state index in [9.17, 15) is 14.4 Å². The van der Waals surface area contributed by atoms with Crippen LogP contribution in [0.15, 0.2) is 47.4 Å². The number of H-pyrrole nitrogens is 1. The molecule has 0 aliphatic carbocycles. The highest BCUT2D eigenvalue weighted by atomic mass is 16.2. The van der Waals surface area contributed by atoms with Gasteiger partial charge in [0.1, 0.15) is 29.7 Å². The molecule has 4 aromatic rings. The van der Waals surface area contributed by atoms with E-state index < -0.39 is 5.91 Å². The maximum atomic E-state index is 13.0.